The summed E-state index contributed by atoms with van der Waals surface area (Å²) in [6.07, 6.45) is 0.0294. The van der Waals surface area contributed by atoms with Crippen LogP contribution in [0.5, 0.6) is 0 Å². The van der Waals surface area contributed by atoms with Crippen LogP contribution in [0.1, 0.15) is 32.6 Å². The second-order valence-corrected chi connectivity index (χ2v) is 4.83. The minimum Gasteiger partial charge on any atom is -0.330 e. The lowest BCUT2D eigenvalue weighted by Crippen LogP contribution is -2.44. The van der Waals surface area contributed by atoms with Crippen LogP contribution in [-0.4, -0.2) is 37.3 Å². The quantitative estimate of drug-likeness (QED) is 0.797. The van der Waals surface area contributed by atoms with E-state index in [9.17, 15) is 13.2 Å². The average molecular weight is 238 g/mol. The molecule has 0 aromatic carbocycles. The van der Waals surface area contributed by atoms with E-state index in [1.54, 1.807) is 6.92 Å². The topological polar surface area (TPSA) is 29.3 Å². The summed E-state index contributed by atoms with van der Waals surface area (Å²) in [6, 6.07) is 0. The van der Waals surface area contributed by atoms with Gasteiger partial charge in [0.05, 0.1) is 6.54 Å². The van der Waals surface area contributed by atoms with Gasteiger partial charge < -0.3 is 5.73 Å². The van der Waals surface area contributed by atoms with Gasteiger partial charge in [0.15, 0.2) is 0 Å². The van der Waals surface area contributed by atoms with Gasteiger partial charge in [0.25, 0.3) is 0 Å². The van der Waals surface area contributed by atoms with Crippen molar-refractivity contribution in [2.45, 2.75) is 38.8 Å². The fourth-order valence-electron chi connectivity index (χ4n) is 2.56. The SMILES string of the molecule is CCN(CC(F)(F)F)CC1(CN)CCCC1. The first-order valence-corrected chi connectivity index (χ1v) is 5.90. The Kier molecular flexibility index (Phi) is 4.62. The van der Waals surface area contributed by atoms with E-state index in [0.29, 0.717) is 19.6 Å². The molecule has 0 aliphatic heterocycles. The van der Waals surface area contributed by atoms with Crippen LogP contribution >= 0.6 is 0 Å². The fraction of sp³-hybridized carbons (Fsp3) is 1.00. The molecule has 2 N–H and O–H groups in total. The van der Waals surface area contributed by atoms with Crippen LogP contribution in [0.4, 0.5) is 13.2 Å². The van der Waals surface area contributed by atoms with E-state index in [-0.39, 0.29) is 5.41 Å². The number of hydrogen-bond acceptors (Lipinski definition) is 2. The predicted octanol–water partition coefficient (Wildman–Crippen LogP) is 2.39. The molecule has 0 unspecified atom stereocenters. The van der Waals surface area contributed by atoms with Gasteiger partial charge in [0.1, 0.15) is 0 Å². The van der Waals surface area contributed by atoms with Crippen molar-refractivity contribution in [1.82, 2.24) is 4.90 Å². The van der Waals surface area contributed by atoms with Crippen molar-refractivity contribution < 1.29 is 13.2 Å². The van der Waals surface area contributed by atoms with Crippen LogP contribution in [-0.2, 0) is 0 Å². The molecular formula is C11H21F3N2. The lowest BCUT2D eigenvalue weighted by molar-refractivity contribution is -0.148. The highest BCUT2D eigenvalue weighted by Gasteiger charge is 2.37. The summed E-state index contributed by atoms with van der Waals surface area (Å²) in [5.41, 5.74) is 5.66. The van der Waals surface area contributed by atoms with Crippen LogP contribution < -0.4 is 5.73 Å². The summed E-state index contributed by atoms with van der Waals surface area (Å²) in [5.74, 6) is 0. The molecule has 16 heavy (non-hydrogen) atoms. The third-order valence-corrected chi connectivity index (χ3v) is 3.51. The van der Waals surface area contributed by atoms with Crippen LogP contribution in [0.2, 0.25) is 0 Å². The molecule has 1 saturated carbocycles. The summed E-state index contributed by atoms with van der Waals surface area (Å²) in [4.78, 5) is 1.47. The van der Waals surface area contributed by atoms with E-state index >= 15 is 0 Å². The molecule has 1 aliphatic rings. The molecule has 0 amide bonds. The zero-order chi connectivity index (χ0) is 12.2. The maximum atomic E-state index is 12.3. The van der Waals surface area contributed by atoms with E-state index in [1.807, 2.05) is 0 Å². The van der Waals surface area contributed by atoms with Gasteiger partial charge in [-0.25, -0.2) is 0 Å². The Morgan fingerprint density at radius 2 is 1.81 bits per heavy atom. The molecule has 0 aromatic rings. The number of nitrogens with zero attached hydrogens (tertiary/aromatic N) is 1. The van der Waals surface area contributed by atoms with E-state index < -0.39 is 12.7 Å². The third kappa shape index (κ3) is 3.94. The number of nitrogens with two attached hydrogens (primary N) is 1. The van der Waals surface area contributed by atoms with Crippen molar-refractivity contribution in [2.75, 3.05) is 26.2 Å². The summed E-state index contributed by atoms with van der Waals surface area (Å²) >= 11 is 0. The Morgan fingerprint density at radius 1 is 1.25 bits per heavy atom. The van der Waals surface area contributed by atoms with Gasteiger partial charge >= 0.3 is 6.18 Å². The highest BCUT2D eigenvalue weighted by atomic mass is 19.4. The number of halogens is 3. The van der Waals surface area contributed by atoms with Crippen molar-refractivity contribution in [3.05, 3.63) is 0 Å². The van der Waals surface area contributed by atoms with Crippen LogP contribution in [0.3, 0.4) is 0 Å². The molecule has 0 saturated heterocycles. The number of hydrogen-bond donors (Lipinski definition) is 1. The molecule has 0 aromatic heterocycles. The summed E-state index contributed by atoms with van der Waals surface area (Å²) in [7, 11) is 0. The summed E-state index contributed by atoms with van der Waals surface area (Å²) in [6.45, 7) is 2.37. The molecule has 2 nitrogen and oxygen atoms in total. The standard InChI is InChI=1S/C11H21F3N2/c1-2-16(9-11(12,13)14)8-10(7-15)5-3-4-6-10/h2-9,15H2,1H3. The van der Waals surface area contributed by atoms with E-state index in [2.05, 4.69) is 0 Å². The molecule has 0 heterocycles. The molecule has 0 spiro atoms. The zero-order valence-electron chi connectivity index (χ0n) is 9.82. The Balaban J connectivity index is 2.54. The number of rotatable bonds is 5. The maximum absolute atomic E-state index is 12.3. The van der Waals surface area contributed by atoms with Crippen LogP contribution in [0.15, 0.2) is 0 Å². The second kappa shape index (κ2) is 5.36. The van der Waals surface area contributed by atoms with Crippen molar-refractivity contribution in [3.8, 4) is 0 Å². The van der Waals surface area contributed by atoms with Gasteiger partial charge in [-0.1, -0.05) is 19.8 Å². The zero-order valence-corrected chi connectivity index (χ0v) is 9.82. The smallest absolute Gasteiger partial charge is 0.330 e. The normalized spacial score (nSPS) is 20.6. The van der Waals surface area contributed by atoms with E-state index in [1.165, 1.54) is 4.90 Å². The molecule has 5 heteroatoms. The summed E-state index contributed by atoms with van der Waals surface area (Å²) in [5, 5.41) is 0. The molecule has 96 valence electrons. The van der Waals surface area contributed by atoms with E-state index in [0.717, 1.165) is 25.7 Å². The van der Waals surface area contributed by atoms with Gasteiger partial charge in [-0.3, -0.25) is 4.90 Å². The van der Waals surface area contributed by atoms with Gasteiger partial charge in [-0.2, -0.15) is 13.2 Å². The Bertz CT molecular complexity index is 210. The van der Waals surface area contributed by atoms with Gasteiger partial charge in [0.2, 0.25) is 0 Å². The highest BCUT2D eigenvalue weighted by Crippen LogP contribution is 2.38. The highest BCUT2D eigenvalue weighted by molar-refractivity contribution is 4.88. The number of alkyl halides is 3. The molecule has 0 atom stereocenters. The van der Waals surface area contributed by atoms with Gasteiger partial charge in [0, 0.05) is 6.54 Å². The Morgan fingerprint density at radius 3 is 2.19 bits per heavy atom. The van der Waals surface area contributed by atoms with E-state index in [4.69, 9.17) is 5.73 Å². The predicted molar refractivity (Wildman–Crippen MR) is 58.1 cm³/mol. The third-order valence-electron chi connectivity index (χ3n) is 3.51. The van der Waals surface area contributed by atoms with Gasteiger partial charge in [-0.15, -0.1) is 0 Å². The summed E-state index contributed by atoms with van der Waals surface area (Å²) < 4.78 is 37.0. The lowest BCUT2D eigenvalue weighted by Gasteiger charge is -2.34. The lowest BCUT2D eigenvalue weighted by atomic mass is 9.85. The van der Waals surface area contributed by atoms with Crippen molar-refractivity contribution >= 4 is 0 Å². The Hall–Kier alpha value is -0.290. The minimum atomic E-state index is -4.11. The first kappa shape index (κ1) is 13.8. The molecular weight excluding hydrogens is 217 g/mol. The fourth-order valence-corrected chi connectivity index (χ4v) is 2.56. The van der Waals surface area contributed by atoms with Crippen molar-refractivity contribution in [3.63, 3.8) is 0 Å². The first-order valence-electron chi connectivity index (χ1n) is 5.90. The molecule has 0 bridgehead atoms. The monoisotopic (exact) mass is 238 g/mol. The van der Waals surface area contributed by atoms with Crippen molar-refractivity contribution in [2.24, 2.45) is 11.1 Å². The largest absolute Gasteiger partial charge is 0.401 e. The van der Waals surface area contributed by atoms with Gasteiger partial charge in [-0.05, 0) is 31.3 Å². The average Bonchev–Trinajstić information content (AvgIpc) is 2.64. The van der Waals surface area contributed by atoms with Crippen LogP contribution in [0, 0.1) is 5.41 Å². The first-order chi connectivity index (χ1) is 7.41. The molecule has 1 fully saturated rings. The Labute approximate surface area is 95.0 Å². The molecule has 1 aliphatic carbocycles. The van der Waals surface area contributed by atoms with Crippen molar-refractivity contribution in [1.29, 1.82) is 0 Å². The molecule has 1 rings (SSSR count). The molecule has 0 radical (unpaired) electrons. The minimum absolute atomic E-state index is 0.0682. The maximum Gasteiger partial charge on any atom is 0.401 e. The second-order valence-electron chi connectivity index (χ2n) is 4.83. The van der Waals surface area contributed by atoms with Crippen LogP contribution in [0.25, 0.3) is 0 Å².